The minimum atomic E-state index is -0.0607. The second-order valence-electron chi connectivity index (χ2n) is 7.42. The maximum absolute atomic E-state index is 12.7. The van der Waals surface area contributed by atoms with Gasteiger partial charge in [0.2, 0.25) is 11.8 Å². The molecule has 25 heavy (non-hydrogen) atoms. The highest BCUT2D eigenvalue weighted by Crippen LogP contribution is 2.42. The lowest BCUT2D eigenvalue weighted by Crippen LogP contribution is -2.41. The fourth-order valence-electron chi connectivity index (χ4n) is 4.05. The van der Waals surface area contributed by atoms with E-state index in [0.29, 0.717) is 5.92 Å². The lowest BCUT2D eigenvalue weighted by Gasteiger charge is -2.32. The zero-order valence-electron chi connectivity index (χ0n) is 15.5. The summed E-state index contributed by atoms with van der Waals surface area (Å²) >= 11 is 0. The van der Waals surface area contributed by atoms with Crippen LogP contribution >= 0.6 is 0 Å². The summed E-state index contributed by atoms with van der Waals surface area (Å²) in [6.45, 7) is 7.16. The number of hydrogen-bond acceptors (Lipinski definition) is 2. The zero-order valence-corrected chi connectivity index (χ0v) is 15.5. The average molecular weight is 342 g/mol. The van der Waals surface area contributed by atoms with Crippen molar-refractivity contribution in [2.24, 2.45) is 17.8 Å². The number of rotatable bonds is 6. The van der Waals surface area contributed by atoms with E-state index in [4.69, 9.17) is 0 Å². The van der Waals surface area contributed by atoms with Crippen molar-refractivity contribution in [3.8, 4) is 0 Å². The van der Waals surface area contributed by atoms with Crippen LogP contribution in [0.3, 0.4) is 0 Å². The van der Waals surface area contributed by atoms with E-state index in [1.807, 2.05) is 23.6 Å². The molecular formula is C21H30N2O2. The van der Waals surface area contributed by atoms with E-state index in [-0.39, 0.29) is 23.7 Å². The van der Waals surface area contributed by atoms with Gasteiger partial charge in [-0.05, 0) is 51.0 Å². The summed E-state index contributed by atoms with van der Waals surface area (Å²) in [6, 6.07) is 10.6. The van der Waals surface area contributed by atoms with Crippen LogP contribution in [0.25, 0.3) is 0 Å². The summed E-state index contributed by atoms with van der Waals surface area (Å²) in [5.41, 5.74) is 1.39. The number of likely N-dealkylation sites (tertiary alicyclic amines) is 1. The molecule has 1 aliphatic heterocycles. The second-order valence-corrected chi connectivity index (χ2v) is 7.42. The molecule has 0 spiro atoms. The highest BCUT2D eigenvalue weighted by atomic mass is 16.2. The molecule has 2 atom stereocenters. The molecule has 1 aliphatic carbocycles. The fourth-order valence-corrected chi connectivity index (χ4v) is 4.05. The van der Waals surface area contributed by atoms with Crippen LogP contribution in [0, 0.1) is 17.8 Å². The Bertz CT molecular complexity index is 589. The molecule has 2 aliphatic rings. The van der Waals surface area contributed by atoms with Crippen molar-refractivity contribution in [1.82, 2.24) is 9.80 Å². The Morgan fingerprint density at radius 3 is 2.28 bits per heavy atom. The monoisotopic (exact) mass is 342 g/mol. The highest BCUT2D eigenvalue weighted by molar-refractivity contribution is 5.92. The van der Waals surface area contributed by atoms with E-state index in [1.165, 1.54) is 5.56 Å². The summed E-state index contributed by atoms with van der Waals surface area (Å²) in [7, 11) is 0. The third-order valence-corrected chi connectivity index (χ3v) is 5.79. The highest BCUT2D eigenvalue weighted by Gasteiger charge is 2.50. The molecule has 1 heterocycles. The average Bonchev–Trinajstić information content (AvgIpc) is 3.44. The van der Waals surface area contributed by atoms with Gasteiger partial charge in [0, 0.05) is 26.2 Å². The van der Waals surface area contributed by atoms with Crippen LogP contribution in [0.15, 0.2) is 30.3 Å². The van der Waals surface area contributed by atoms with Crippen molar-refractivity contribution >= 4 is 11.8 Å². The molecule has 2 unspecified atom stereocenters. The number of carbonyl (C=O) groups excluding carboxylic acids is 2. The van der Waals surface area contributed by atoms with Gasteiger partial charge in [-0.1, -0.05) is 30.3 Å². The number of nitrogens with zero attached hydrogens (tertiary/aromatic N) is 2. The Hall–Kier alpha value is -1.84. The summed E-state index contributed by atoms with van der Waals surface area (Å²) in [6.07, 6.45) is 4.00. The smallest absolute Gasteiger partial charge is 0.226 e. The Morgan fingerprint density at radius 2 is 1.68 bits per heavy atom. The van der Waals surface area contributed by atoms with Crippen LogP contribution in [0.4, 0.5) is 0 Å². The van der Waals surface area contributed by atoms with E-state index in [1.54, 1.807) is 0 Å². The van der Waals surface area contributed by atoms with Crippen molar-refractivity contribution < 1.29 is 9.59 Å². The van der Waals surface area contributed by atoms with Crippen LogP contribution in [-0.2, 0) is 16.0 Å². The van der Waals surface area contributed by atoms with Crippen molar-refractivity contribution in [3.05, 3.63) is 35.9 Å². The molecule has 4 heteroatoms. The van der Waals surface area contributed by atoms with Gasteiger partial charge in [-0.2, -0.15) is 0 Å². The fraction of sp³-hybridized carbons (Fsp3) is 0.619. The quantitative estimate of drug-likeness (QED) is 0.797. The van der Waals surface area contributed by atoms with Crippen LogP contribution < -0.4 is 0 Å². The van der Waals surface area contributed by atoms with Crippen LogP contribution in [-0.4, -0.2) is 47.8 Å². The van der Waals surface area contributed by atoms with E-state index < -0.39 is 0 Å². The predicted octanol–water partition coefficient (Wildman–Crippen LogP) is 2.97. The molecule has 0 N–H and O–H groups in total. The van der Waals surface area contributed by atoms with Gasteiger partial charge in [0.05, 0.1) is 11.8 Å². The minimum absolute atomic E-state index is 0.0567. The normalized spacial score (nSPS) is 23.4. The first-order valence-corrected chi connectivity index (χ1v) is 9.75. The Labute approximate surface area is 151 Å². The van der Waals surface area contributed by atoms with Gasteiger partial charge in [0.1, 0.15) is 0 Å². The molecule has 1 saturated carbocycles. The van der Waals surface area contributed by atoms with Gasteiger partial charge in [0.15, 0.2) is 0 Å². The van der Waals surface area contributed by atoms with Gasteiger partial charge in [0.25, 0.3) is 0 Å². The van der Waals surface area contributed by atoms with Crippen molar-refractivity contribution in [2.75, 3.05) is 26.2 Å². The van der Waals surface area contributed by atoms with E-state index in [2.05, 4.69) is 30.3 Å². The van der Waals surface area contributed by atoms with Crippen molar-refractivity contribution in [2.45, 2.75) is 39.5 Å². The second kappa shape index (κ2) is 8.03. The zero-order chi connectivity index (χ0) is 17.8. The molecule has 1 saturated heterocycles. The maximum atomic E-state index is 12.7. The van der Waals surface area contributed by atoms with Crippen LogP contribution in [0.1, 0.15) is 38.7 Å². The number of piperidine rings is 1. The van der Waals surface area contributed by atoms with E-state index >= 15 is 0 Å². The SMILES string of the molecule is CCN(CC)C(=O)C1CC1C(=O)N1CCC(Cc2ccccc2)CC1. The molecule has 0 aromatic heterocycles. The van der Waals surface area contributed by atoms with Gasteiger partial charge >= 0.3 is 0 Å². The molecule has 1 aromatic rings. The van der Waals surface area contributed by atoms with E-state index in [9.17, 15) is 9.59 Å². The summed E-state index contributed by atoms with van der Waals surface area (Å²) in [5, 5.41) is 0. The first-order chi connectivity index (χ1) is 12.1. The summed E-state index contributed by atoms with van der Waals surface area (Å²) < 4.78 is 0. The molecule has 136 valence electrons. The van der Waals surface area contributed by atoms with Gasteiger partial charge < -0.3 is 9.80 Å². The first-order valence-electron chi connectivity index (χ1n) is 9.75. The molecule has 2 fully saturated rings. The third kappa shape index (κ3) is 4.23. The number of hydrogen-bond donors (Lipinski definition) is 0. The molecule has 0 radical (unpaired) electrons. The molecular weight excluding hydrogens is 312 g/mol. The van der Waals surface area contributed by atoms with Crippen LogP contribution in [0.5, 0.6) is 0 Å². The topological polar surface area (TPSA) is 40.6 Å². The summed E-state index contributed by atoms with van der Waals surface area (Å²) in [4.78, 5) is 28.9. The largest absolute Gasteiger partial charge is 0.343 e. The predicted molar refractivity (Wildman–Crippen MR) is 99.0 cm³/mol. The Kier molecular flexibility index (Phi) is 5.77. The minimum Gasteiger partial charge on any atom is -0.343 e. The van der Waals surface area contributed by atoms with Crippen molar-refractivity contribution in [3.63, 3.8) is 0 Å². The molecule has 4 nitrogen and oxygen atoms in total. The van der Waals surface area contributed by atoms with Gasteiger partial charge in [-0.25, -0.2) is 0 Å². The van der Waals surface area contributed by atoms with Gasteiger partial charge in [-0.15, -0.1) is 0 Å². The van der Waals surface area contributed by atoms with E-state index in [0.717, 1.165) is 51.9 Å². The first kappa shape index (κ1) is 18.0. The Morgan fingerprint density at radius 1 is 1.04 bits per heavy atom. The van der Waals surface area contributed by atoms with Crippen LogP contribution in [0.2, 0.25) is 0 Å². The molecule has 0 bridgehead atoms. The lowest BCUT2D eigenvalue weighted by atomic mass is 9.90. The lowest BCUT2D eigenvalue weighted by molar-refractivity contribution is -0.138. The number of amides is 2. The molecule has 3 rings (SSSR count). The molecule has 1 aromatic carbocycles. The third-order valence-electron chi connectivity index (χ3n) is 5.79. The molecule has 2 amide bonds. The maximum Gasteiger partial charge on any atom is 0.226 e. The Balaban J connectivity index is 1.46. The number of carbonyl (C=O) groups is 2. The van der Waals surface area contributed by atoms with Gasteiger partial charge in [-0.3, -0.25) is 9.59 Å². The standard InChI is InChI=1S/C21H30N2O2/c1-3-22(4-2)20(24)18-15-19(18)21(25)23-12-10-17(11-13-23)14-16-8-6-5-7-9-16/h5-9,17-19H,3-4,10-15H2,1-2H3. The number of benzene rings is 1. The summed E-state index contributed by atoms with van der Waals surface area (Å²) in [5.74, 6) is 0.929. The van der Waals surface area contributed by atoms with Crippen molar-refractivity contribution in [1.29, 1.82) is 0 Å².